The predicted octanol–water partition coefficient (Wildman–Crippen LogP) is 3.51. The lowest BCUT2D eigenvalue weighted by Crippen LogP contribution is -2.56. The van der Waals surface area contributed by atoms with Crippen LogP contribution in [0.25, 0.3) is 0 Å². The number of hydrogen-bond acceptors (Lipinski definition) is 5. The van der Waals surface area contributed by atoms with Crippen LogP contribution in [-0.2, 0) is 10.2 Å². The number of nitrogens with one attached hydrogen (secondary N) is 2. The maximum atomic E-state index is 5.70. The maximum Gasteiger partial charge on any atom is 0.231 e. The van der Waals surface area contributed by atoms with E-state index in [2.05, 4.69) is 46.5 Å². The number of rotatable bonds is 6. The number of aliphatic imine (C=N–C) groups is 1. The Labute approximate surface area is 209 Å². The summed E-state index contributed by atoms with van der Waals surface area (Å²) in [7, 11) is 1.85. The van der Waals surface area contributed by atoms with Crippen LogP contribution < -0.4 is 20.1 Å². The van der Waals surface area contributed by atoms with Crippen LogP contribution in [0.15, 0.2) is 23.2 Å². The molecule has 0 amide bonds. The Morgan fingerprint density at radius 1 is 1.06 bits per heavy atom. The Hall–Kier alpha value is -1.26. The van der Waals surface area contributed by atoms with Crippen molar-refractivity contribution in [2.45, 2.75) is 56.9 Å². The van der Waals surface area contributed by atoms with Gasteiger partial charge in [0.15, 0.2) is 17.5 Å². The van der Waals surface area contributed by atoms with Gasteiger partial charge in [0.25, 0.3) is 0 Å². The summed E-state index contributed by atoms with van der Waals surface area (Å²) in [6.07, 6.45) is 5.90. The van der Waals surface area contributed by atoms with E-state index in [-0.39, 0.29) is 34.9 Å². The first-order valence-electron chi connectivity index (χ1n) is 11.7. The van der Waals surface area contributed by atoms with Gasteiger partial charge in [-0.25, -0.2) is 0 Å². The van der Waals surface area contributed by atoms with Crippen LogP contribution in [0.1, 0.15) is 51.5 Å². The summed E-state index contributed by atoms with van der Waals surface area (Å²) in [5.41, 5.74) is 1.36. The molecule has 0 aromatic heterocycles. The fourth-order valence-corrected chi connectivity index (χ4v) is 4.94. The van der Waals surface area contributed by atoms with Crippen molar-refractivity contribution in [3.05, 3.63) is 23.8 Å². The molecule has 3 heterocycles. The lowest BCUT2D eigenvalue weighted by Gasteiger charge is -2.41. The number of benzene rings is 1. The van der Waals surface area contributed by atoms with E-state index in [0.717, 1.165) is 56.6 Å². The maximum absolute atomic E-state index is 5.70. The zero-order chi connectivity index (χ0) is 21.7. The number of fused-ring (bicyclic) bond motifs is 1. The van der Waals surface area contributed by atoms with Gasteiger partial charge in [0, 0.05) is 44.3 Å². The zero-order valence-corrected chi connectivity index (χ0v) is 22.1. The van der Waals surface area contributed by atoms with E-state index in [4.69, 9.17) is 14.2 Å². The molecule has 0 atom stereocenters. The topological polar surface area (TPSA) is 67.4 Å². The third-order valence-corrected chi connectivity index (χ3v) is 7.15. The molecule has 0 spiro atoms. The third kappa shape index (κ3) is 5.80. The quantitative estimate of drug-likeness (QED) is 0.317. The Balaban J connectivity index is 0.00000289. The van der Waals surface area contributed by atoms with E-state index in [9.17, 15) is 0 Å². The van der Waals surface area contributed by atoms with E-state index < -0.39 is 0 Å². The van der Waals surface area contributed by atoms with Gasteiger partial charge in [-0.05, 0) is 70.3 Å². The van der Waals surface area contributed by atoms with Gasteiger partial charge in [0.05, 0.1) is 0 Å². The van der Waals surface area contributed by atoms with Crippen LogP contribution in [-0.4, -0.2) is 69.6 Å². The first-order chi connectivity index (χ1) is 15.0. The summed E-state index contributed by atoms with van der Waals surface area (Å²) in [6, 6.07) is 6.35. The summed E-state index contributed by atoms with van der Waals surface area (Å²) in [6.45, 7) is 10.5. The average Bonchev–Trinajstić information content (AvgIpc) is 3.28. The van der Waals surface area contributed by atoms with Crippen LogP contribution in [0.5, 0.6) is 11.5 Å². The number of piperidine rings is 1. The van der Waals surface area contributed by atoms with Gasteiger partial charge in [-0.15, -0.1) is 24.0 Å². The number of nitrogens with zero attached hydrogens (tertiary/aromatic N) is 2. The van der Waals surface area contributed by atoms with E-state index >= 15 is 0 Å². The largest absolute Gasteiger partial charge is 0.454 e. The highest BCUT2D eigenvalue weighted by molar-refractivity contribution is 14.0. The van der Waals surface area contributed by atoms with Crippen molar-refractivity contribution in [3.63, 3.8) is 0 Å². The minimum absolute atomic E-state index is 0. The normalized spacial score (nSPS) is 21.0. The van der Waals surface area contributed by atoms with Gasteiger partial charge in [-0.3, -0.25) is 9.89 Å². The highest BCUT2D eigenvalue weighted by Crippen LogP contribution is 2.40. The molecule has 0 radical (unpaired) electrons. The molecular weight excluding hydrogens is 519 g/mol. The first-order valence-corrected chi connectivity index (χ1v) is 11.7. The fraction of sp³-hybridized carbons (Fsp3) is 0.708. The van der Waals surface area contributed by atoms with Crippen LogP contribution in [0.2, 0.25) is 0 Å². The summed E-state index contributed by atoms with van der Waals surface area (Å²) in [5, 5.41) is 7.19. The highest BCUT2D eigenvalue weighted by atomic mass is 127. The second-order valence-electron chi connectivity index (χ2n) is 9.60. The molecule has 0 aliphatic carbocycles. The summed E-state index contributed by atoms with van der Waals surface area (Å²) in [5.74, 6) is 2.53. The van der Waals surface area contributed by atoms with Gasteiger partial charge in [-0.1, -0.05) is 12.5 Å². The SMILES string of the molecule is CN=C(NCC1(c2ccc3c(c2)OCO3)CCOCC1)NCC(C)(C)N1CCCCC1.I. The lowest BCUT2D eigenvalue weighted by atomic mass is 9.74. The number of likely N-dealkylation sites (tertiary alicyclic amines) is 1. The van der Waals surface area contributed by atoms with Crippen molar-refractivity contribution in [1.82, 2.24) is 15.5 Å². The van der Waals surface area contributed by atoms with Crippen molar-refractivity contribution >= 4 is 29.9 Å². The molecule has 1 aromatic carbocycles. The Morgan fingerprint density at radius 2 is 1.78 bits per heavy atom. The highest BCUT2D eigenvalue weighted by Gasteiger charge is 2.36. The smallest absolute Gasteiger partial charge is 0.231 e. The second-order valence-corrected chi connectivity index (χ2v) is 9.60. The van der Waals surface area contributed by atoms with Crippen LogP contribution in [0, 0.1) is 0 Å². The van der Waals surface area contributed by atoms with Crippen molar-refractivity contribution < 1.29 is 14.2 Å². The molecule has 8 heteroatoms. The number of hydrogen-bond donors (Lipinski definition) is 2. The third-order valence-electron chi connectivity index (χ3n) is 7.15. The number of ether oxygens (including phenoxy) is 3. The molecule has 1 aromatic rings. The standard InChI is InChI=1S/C24H38N4O3.HI/c1-23(2,28-11-5-4-6-12-28)16-26-22(25-3)27-17-24(9-13-29-14-10-24)19-7-8-20-21(15-19)31-18-30-20;/h7-8,15H,4-6,9-14,16-18H2,1-3H3,(H2,25,26,27);1H. The molecule has 0 unspecified atom stereocenters. The lowest BCUT2D eigenvalue weighted by molar-refractivity contribution is 0.0512. The van der Waals surface area contributed by atoms with E-state index in [0.29, 0.717) is 6.79 Å². The molecule has 0 saturated carbocycles. The van der Waals surface area contributed by atoms with Gasteiger partial charge in [0.1, 0.15) is 0 Å². The monoisotopic (exact) mass is 558 g/mol. The molecular formula is C24H39IN4O3. The van der Waals surface area contributed by atoms with Crippen molar-refractivity contribution in [2.24, 2.45) is 4.99 Å². The molecule has 0 bridgehead atoms. The van der Waals surface area contributed by atoms with Crippen LogP contribution >= 0.6 is 24.0 Å². The number of halogens is 1. The van der Waals surface area contributed by atoms with Gasteiger partial charge < -0.3 is 24.8 Å². The van der Waals surface area contributed by atoms with Gasteiger partial charge in [0.2, 0.25) is 6.79 Å². The molecule has 3 aliphatic rings. The van der Waals surface area contributed by atoms with Crippen molar-refractivity contribution in [1.29, 1.82) is 0 Å². The molecule has 2 saturated heterocycles. The van der Waals surface area contributed by atoms with E-state index in [1.165, 1.54) is 37.9 Å². The minimum Gasteiger partial charge on any atom is -0.454 e. The van der Waals surface area contributed by atoms with Crippen LogP contribution in [0.4, 0.5) is 0 Å². The van der Waals surface area contributed by atoms with Crippen molar-refractivity contribution in [3.8, 4) is 11.5 Å². The molecule has 2 fully saturated rings. The first kappa shape index (κ1) is 25.4. The zero-order valence-electron chi connectivity index (χ0n) is 19.7. The predicted molar refractivity (Wildman–Crippen MR) is 139 cm³/mol. The summed E-state index contributed by atoms with van der Waals surface area (Å²) in [4.78, 5) is 7.10. The molecule has 32 heavy (non-hydrogen) atoms. The molecule has 7 nitrogen and oxygen atoms in total. The van der Waals surface area contributed by atoms with Crippen LogP contribution in [0.3, 0.4) is 0 Å². The van der Waals surface area contributed by atoms with Crippen molar-refractivity contribution in [2.75, 3.05) is 53.2 Å². The summed E-state index contributed by atoms with van der Waals surface area (Å²) < 4.78 is 16.8. The number of guanidine groups is 1. The van der Waals surface area contributed by atoms with E-state index in [1.54, 1.807) is 0 Å². The Morgan fingerprint density at radius 3 is 2.50 bits per heavy atom. The Kier molecular flexibility index (Phi) is 8.91. The average molecular weight is 559 g/mol. The molecule has 3 aliphatic heterocycles. The van der Waals surface area contributed by atoms with Gasteiger partial charge in [-0.2, -0.15) is 0 Å². The Bertz CT molecular complexity index is 775. The molecule has 4 rings (SSSR count). The molecule has 180 valence electrons. The second kappa shape index (κ2) is 11.2. The van der Waals surface area contributed by atoms with E-state index in [1.807, 2.05) is 13.1 Å². The van der Waals surface area contributed by atoms with Gasteiger partial charge >= 0.3 is 0 Å². The molecule has 2 N–H and O–H groups in total. The minimum atomic E-state index is -0.0146. The fourth-order valence-electron chi connectivity index (χ4n) is 4.94. The summed E-state index contributed by atoms with van der Waals surface area (Å²) >= 11 is 0.